The van der Waals surface area contributed by atoms with E-state index in [0.29, 0.717) is 41.9 Å². The molecular weight excluding hydrogens is 447 g/mol. The standard InChI is InChI=1S/C24H34Cl2N4O2/c1-2-30-17-19(22(24(30)32)27-12-7-15-29-13-4-3-5-14-29)23(31)28-11-6-8-18-9-10-20(25)21(26)16-18/h9-10,16,19H,2-8,11-15,17H2,1H3,(H,28,31). The van der Waals surface area contributed by atoms with Crippen molar-refractivity contribution in [3.63, 3.8) is 0 Å². The fourth-order valence-corrected chi connectivity index (χ4v) is 4.68. The Morgan fingerprint density at radius 2 is 1.94 bits per heavy atom. The minimum atomic E-state index is -0.484. The first-order valence-corrected chi connectivity index (χ1v) is 12.5. The lowest BCUT2D eigenvalue weighted by atomic mass is 10.1. The molecule has 0 aliphatic carbocycles. The van der Waals surface area contributed by atoms with Crippen molar-refractivity contribution in [2.24, 2.45) is 10.9 Å². The minimum absolute atomic E-state index is 0.0959. The Morgan fingerprint density at radius 1 is 1.16 bits per heavy atom. The van der Waals surface area contributed by atoms with E-state index in [4.69, 9.17) is 23.2 Å². The van der Waals surface area contributed by atoms with Crippen LogP contribution < -0.4 is 5.32 Å². The molecule has 1 unspecified atom stereocenters. The van der Waals surface area contributed by atoms with Gasteiger partial charge in [0, 0.05) is 26.2 Å². The number of nitrogens with one attached hydrogen (secondary N) is 1. The van der Waals surface area contributed by atoms with Crippen molar-refractivity contribution in [3.8, 4) is 0 Å². The lowest BCUT2D eigenvalue weighted by molar-refractivity contribution is -0.123. The Balaban J connectivity index is 1.48. The maximum absolute atomic E-state index is 12.8. The summed E-state index contributed by atoms with van der Waals surface area (Å²) in [4.78, 5) is 34.3. The monoisotopic (exact) mass is 480 g/mol. The molecule has 0 aromatic heterocycles. The number of hydrogen-bond acceptors (Lipinski definition) is 4. The van der Waals surface area contributed by atoms with E-state index in [1.807, 2.05) is 19.1 Å². The van der Waals surface area contributed by atoms with E-state index in [0.717, 1.165) is 44.5 Å². The van der Waals surface area contributed by atoms with Gasteiger partial charge in [-0.1, -0.05) is 35.7 Å². The van der Waals surface area contributed by atoms with Gasteiger partial charge in [-0.05, 0) is 76.4 Å². The molecule has 176 valence electrons. The van der Waals surface area contributed by atoms with E-state index in [-0.39, 0.29) is 11.8 Å². The fraction of sp³-hybridized carbons (Fsp3) is 0.625. The van der Waals surface area contributed by atoms with Crippen molar-refractivity contribution in [1.82, 2.24) is 15.1 Å². The third kappa shape index (κ3) is 6.93. The number of carbonyl (C=O) groups excluding carboxylic acids is 2. The molecule has 8 heteroatoms. The summed E-state index contributed by atoms with van der Waals surface area (Å²) in [6, 6.07) is 5.59. The van der Waals surface area contributed by atoms with Crippen molar-refractivity contribution < 1.29 is 9.59 Å². The zero-order valence-corrected chi connectivity index (χ0v) is 20.4. The molecule has 1 aromatic rings. The third-order valence-electron chi connectivity index (χ3n) is 6.23. The second-order valence-electron chi connectivity index (χ2n) is 8.56. The van der Waals surface area contributed by atoms with Crippen molar-refractivity contribution >= 4 is 40.7 Å². The topological polar surface area (TPSA) is 65.0 Å². The molecule has 0 radical (unpaired) electrons. The van der Waals surface area contributed by atoms with Gasteiger partial charge in [-0.3, -0.25) is 14.6 Å². The molecule has 1 N–H and O–H groups in total. The van der Waals surface area contributed by atoms with Gasteiger partial charge in [-0.15, -0.1) is 0 Å². The number of halogens is 2. The Morgan fingerprint density at radius 3 is 2.66 bits per heavy atom. The van der Waals surface area contributed by atoms with Crippen molar-refractivity contribution in [2.45, 2.75) is 45.4 Å². The smallest absolute Gasteiger partial charge is 0.268 e. The fourth-order valence-electron chi connectivity index (χ4n) is 4.36. The Labute approximate surface area is 201 Å². The summed E-state index contributed by atoms with van der Waals surface area (Å²) in [5.74, 6) is -0.693. The zero-order valence-electron chi connectivity index (χ0n) is 18.9. The Bertz CT molecular complexity index is 824. The number of benzene rings is 1. The normalized spacial score (nSPS) is 20.8. The van der Waals surface area contributed by atoms with Gasteiger partial charge in [0.1, 0.15) is 11.6 Å². The molecular formula is C24H34Cl2N4O2. The van der Waals surface area contributed by atoms with Crippen molar-refractivity contribution in [3.05, 3.63) is 33.8 Å². The van der Waals surface area contributed by atoms with Crippen molar-refractivity contribution in [2.75, 3.05) is 45.8 Å². The van der Waals surface area contributed by atoms with Crippen LogP contribution >= 0.6 is 23.2 Å². The number of aliphatic imine (C=N–C) groups is 1. The summed E-state index contributed by atoms with van der Waals surface area (Å²) < 4.78 is 0. The highest BCUT2D eigenvalue weighted by Crippen LogP contribution is 2.23. The lowest BCUT2D eigenvalue weighted by Crippen LogP contribution is -2.36. The second kappa shape index (κ2) is 12.6. The number of hydrogen-bond donors (Lipinski definition) is 1. The molecule has 6 nitrogen and oxygen atoms in total. The van der Waals surface area contributed by atoms with E-state index < -0.39 is 5.92 Å². The van der Waals surface area contributed by atoms with Crippen LogP contribution in [0.5, 0.6) is 0 Å². The Hall–Kier alpha value is -1.63. The predicted molar refractivity (Wildman–Crippen MR) is 131 cm³/mol. The quantitative estimate of drug-likeness (QED) is 0.517. The molecule has 0 saturated carbocycles. The molecule has 1 atom stereocenters. The number of aryl methyl sites for hydroxylation is 1. The highest BCUT2D eigenvalue weighted by molar-refractivity contribution is 6.45. The number of piperidine rings is 1. The Kier molecular flexibility index (Phi) is 9.82. The first-order chi connectivity index (χ1) is 15.5. The summed E-state index contributed by atoms with van der Waals surface area (Å²) >= 11 is 12.0. The van der Waals surface area contributed by atoms with Gasteiger partial charge < -0.3 is 15.1 Å². The minimum Gasteiger partial charge on any atom is -0.355 e. The van der Waals surface area contributed by atoms with Crippen LogP contribution in [0, 0.1) is 5.92 Å². The van der Waals surface area contributed by atoms with Crippen LogP contribution in [0.4, 0.5) is 0 Å². The van der Waals surface area contributed by atoms with Gasteiger partial charge >= 0.3 is 0 Å². The molecule has 3 rings (SSSR count). The highest BCUT2D eigenvalue weighted by atomic mass is 35.5. The average Bonchev–Trinajstić information content (AvgIpc) is 3.12. The molecule has 2 fully saturated rings. The highest BCUT2D eigenvalue weighted by Gasteiger charge is 2.40. The first-order valence-electron chi connectivity index (χ1n) is 11.8. The summed E-state index contributed by atoms with van der Waals surface area (Å²) in [5, 5.41) is 4.07. The average molecular weight is 481 g/mol. The van der Waals surface area contributed by atoms with Crippen LogP contribution in [0.3, 0.4) is 0 Å². The lowest BCUT2D eigenvalue weighted by Gasteiger charge is -2.25. The van der Waals surface area contributed by atoms with Gasteiger partial charge in [0.05, 0.1) is 10.0 Å². The number of carbonyl (C=O) groups is 2. The number of rotatable bonds is 10. The zero-order chi connectivity index (χ0) is 22.9. The van der Waals surface area contributed by atoms with Crippen LogP contribution in [0.25, 0.3) is 0 Å². The molecule has 2 amide bonds. The van der Waals surface area contributed by atoms with Crippen molar-refractivity contribution in [1.29, 1.82) is 0 Å². The molecule has 2 saturated heterocycles. The van der Waals surface area contributed by atoms with E-state index in [1.54, 1.807) is 11.0 Å². The van der Waals surface area contributed by atoms with Gasteiger partial charge in [0.2, 0.25) is 5.91 Å². The predicted octanol–water partition coefficient (Wildman–Crippen LogP) is 3.84. The summed E-state index contributed by atoms with van der Waals surface area (Å²) in [6.45, 7) is 7.40. The first kappa shape index (κ1) is 25.0. The number of nitrogens with zero attached hydrogens (tertiary/aromatic N) is 3. The van der Waals surface area contributed by atoms with Gasteiger partial charge in [-0.2, -0.15) is 0 Å². The van der Waals surface area contributed by atoms with Crippen LogP contribution in [0.1, 0.15) is 44.6 Å². The summed E-state index contributed by atoms with van der Waals surface area (Å²) in [5.41, 5.74) is 1.50. The molecule has 32 heavy (non-hydrogen) atoms. The van der Waals surface area contributed by atoms with Crippen LogP contribution in [-0.4, -0.2) is 73.1 Å². The summed E-state index contributed by atoms with van der Waals surface area (Å²) in [6.07, 6.45) is 6.35. The molecule has 2 heterocycles. The largest absolute Gasteiger partial charge is 0.355 e. The number of likely N-dealkylation sites (tertiary alicyclic amines) is 2. The second-order valence-corrected chi connectivity index (χ2v) is 9.38. The molecule has 2 aliphatic rings. The van der Waals surface area contributed by atoms with Gasteiger partial charge in [-0.25, -0.2) is 0 Å². The maximum atomic E-state index is 12.8. The maximum Gasteiger partial charge on any atom is 0.268 e. The summed E-state index contributed by atoms with van der Waals surface area (Å²) in [7, 11) is 0. The molecule has 0 spiro atoms. The molecule has 0 bridgehead atoms. The SMILES string of the molecule is CCN1CC(C(=O)NCCCc2ccc(Cl)c(Cl)c2)C(=NCCCN2CCCCC2)C1=O. The number of amides is 2. The van der Waals surface area contributed by atoms with Crippen LogP contribution in [-0.2, 0) is 16.0 Å². The van der Waals surface area contributed by atoms with Crippen LogP contribution in [0.15, 0.2) is 23.2 Å². The van der Waals surface area contributed by atoms with E-state index in [9.17, 15) is 9.59 Å². The third-order valence-corrected chi connectivity index (χ3v) is 6.97. The molecule has 2 aliphatic heterocycles. The van der Waals surface area contributed by atoms with E-state index >= 15 is 0 Å². The van der Waals surface area contributed by atoms with Gasteiger partial charge in [0.15, 0.2) is 0 Å². The van der Waals surface area contributed by atoms with Gasteiger partial charge in [0.25, 0.3) is 5.91 Å². The van der Waals surface area contributed by atoms with E-state index in [2.05, 4.69) is 15.2 Å². The van der Waals surface area contributed by atoms with E-state index in [1.165, 1.54) is 19.3 Å². The molecule has 1 aromatic carbocycles. The van der Waals surface area contributed by atoms with Crippen LogP contribution in [0.2, 0.25) is 10.0 Å².